The number of amides is 1. The van der Waals surface area contributed by atoms with E-state index in [0.717, 1.165) is 11.3 Å². The van der Waals surface area contributed by atoms with Crippen LogP contribution in [0.1, 0.15) is 26.3 Å². The summed E-state index contributed by atoms with van der Waals surface area (Å²) < 4.78 is 9.88. The lowest BCUT2D eigenvalue weighted by atomic mass is 10.2. The summed E-state index contributed by atoms with van der Waals surface area (Å²) in [4.78, 5) is 23.5. The summed E-state index contributed by atoms with van der Waals surface area (Å²) in [7, 11) is 1.30. The van der Waals surface area contributed by atoms with Gasteiger partial charge in [-0.25, -0.2) is 9.59 Å². The topological polar surface area (TPSA) is 64.6 Å². The van der Waals surface area contributed by atoms with Crippen LogP contribution in [0.3, 0.4) is 0 Å². The molecule has 0 fully saturated rings. The average molecular weight is 325 g/mol. The summed E-state index contributed by atoms with van der Waals surface area (Å²) in [6.07, 6.45) is -0.622. The maximum absolute atomic E-state index is 11.8. The largest absolute Gasteiger partial charge is 0.467 e. The van der Waals surface area contributed by atoms with Crippen molar-refractivity contribution in [1.82, 2.24) is 5.32 Å². The maximum atomic E-state index is 11.8. The molecule has 0 aliphatic carbocycles. The number of ether oxygens (including phenoxy) is 2. The highest BCUT2D eigenvalue weighted by Gasteiger charge is 2.24. The van der Waals surface area contributed by atoms with Crippen LogP contribution in [0.5, 0.6) is 0 Å². The number of carbonyl (C=O) groups excluding carboxylic acids is 2. The Bertz CT molecular complexity index is 485. The molecule has 0 saturated carbocycles. The molecule has 1 N–H and O–H groups in total. The summed E-state index contributed by atoms with van der Waals surface area (Å²) in [6.45, 7) is 5.30. The van der Waals surface area contributed by atoms with E-state index in [2.05, 4.69) is 5.32 Å². The number of thioether (sulfide) groups is 1. The van der Waals surface area contributed by atoms with Crippen LogP contribution < -0.4 is 5.32 Å². The van der Waals surface area contributed by atoms with Crippen LogP contribution in [0, 0.1) is 0 Å². The van der Waals surface area contributed by atoms with Crippen LogP contribution in [0.4, 0.5) is 4.79 Å². The van der Waals surface area contributed by atoms with Crippen LogP contribution in [-0.4, -0.2) is 36.6 Å². The molecule has 0 aliphatic heterocycles. The van der Waals surface area contributed by atoms with Crippen molar-refractivity contribution in [3.8, 4) is 0 Å². The molecule has 0 radical (unpaired) electrons. The van der Waals surface area contributed by atoms with E-state index in [9.17, 15) is 9.59 Å². The van der Waals surface area contributed by atoms with Crippen LogP contribution >= 0.6 is 11.8 Å². The van der Waals surface area contributed by atoms with E-state index in [0.29, 0.717) is 5.75 Å². The lowest BCUT2D eigenvalue weighted by Gasteiger charge is -2.22. The SMILES string of the molecule is COC(=O)[C@@H](CSCc1ccccc1)NC(=O)OC(C)(C)C. The van der Waals surface area contributed by atoms with Crippen molar-refractivity contribution in [2.75, 3.05) is 12.9 Å². The number of hydrogen-bond donors (Lipinski definition) is 1. The first-order valence-electron chi connectivity index (χ1n) is 7.01. The first-order valence-corrected chi connectivity index (χ1v) is 8.16. The molecule has 1 aromatic rings. The highest BCUT2D eigenvalue weighted by molar-refractivity contribution is 7.98. The van der Waals surface area contributed by atoms with Crippen LogP contribution in [0.2, 0.25) is 0 Å². The molecule has 0 bridgehead atoms. The Labute approximate surface area is 135 Å². The van der Waals surface area contributed by atoms with Crippen molar-refractivity contribution < 1.29 is 19.1 Å². The van der Waals surface area contributed by atoms with E-state index >= 15 is 0 Å². The number of benzene rings is 1. The molecule has 0 saturated heterocycles. The first-order chi connectivity index (χ1) is 10.3. The van der Waals surface area contributed by atoms with Gasteiger partial charge in [-0.05, 0) is 26.3 Å². The van der Waals surface area contributed by atoms with Gasteiger partial charge in [-0.1, -0.05) is 30.3 Å². The maximum Gasteiger partial charge on any atom is 0.408 e. The van der Waals surface area contributed by atoms with Gasteiger partial charge in [0.25, 0.3) is 0 Å². The zero-order valence-corrected chi connectivity index (χ0v) is 14.2. The van der Waals surface area contributed by atoms with E-state index in [1.807, 2.05) is 30.3 Å². The minimum Gasteiger partial charge on any atom is -0.467 e. The molecular formula is C16H23NO4S. The van der Waals surface area contributed by atoms with Crippen molar-refractivity contribution in [3.05, 3.63) is 35.9 Å². The summed E-state index contributed by atoms with van der Waals surface area (Å²) in [5.74, 6) is 0.692. The first kappa shape index (κ1) is 18.4. The Hall–Kier alpha value is -1.69. The van der Waals surface area contributed by atoms with E-state index < -0.39 is 23.7 Å². The normalized spacial score (nSPS) is 12.4. The van der Waals surface area contributed by atoms with Gasteiger partial charge in [0.15, 0.2) is 0 Å². The van der Waals surface area contributed by atoms with Gasteiger partial charge < -0.3 is 14.8 Å². The summed E-state index contributed by atoms with van der Waals surface area (Å²) in [6, 6.07) is 9.19. The molecule has 6 heteroatoms. The number of rotatable bonds is 6. The summed E-state index contributed by atoms with van der Waals surface area (Å²) in [5, 5.41) is 2.55. The second kappa shape index (κ2) is 8.68. The van der Waals surface area contributed by atoms with Crippen LogP contribution in [-0.2, 0) is 20.0 Å². The van der Waals surface area contributed by atoms with Gasteiger partial charge in [0.1, 0.15) is 11.6 Å². The Balaban J connectivity index is 2.50. The number of methoxy groups -OCH3 is 1. The molecule has 1 amide bonds. The minimum atomic E-state index is -0.728. The average Bonchev–Trinajstić information content (AvgIpc) is 2.44. The van der Waals surface area contributed by atoms with E-state index in [-0.39, 0.29) is 0 Å². The fraction of sp³-hybridized carbons (Fsp3) is 0.500. The third kappa shape index (κ3) is 7.36. The van der Waals surface area contributed by atoms with Gasteiger partial charge in [-0.15, -0.1) is 0 Å². The second-order valence-electron chi connectivity index (χ2n) is 5.72. The van der Waals surface area contributed by atoms with Gasteiger partial charge >= 0.3 is 12.1 Å². The molecule has 0 unspecified atom stereocenters. The quantitative estimate of drug-likeness (QED) is 0.815. The molecule has 122 valence electrons. The van der Waals surface area contributed by atoms with Gasteiger partial charge in [0, 0.05) is 11.5 Å². The van der Waals surface area contributed by atoms with Crippen molar-refractivity contribution >= 4 is 23.8 Å². The van der Waals surface area contributed by atoms with Crippen molar-refractivity contribution in [1.29, 1.82) is 0 Å². The molecule has 1 atom stereocenters. The molecule has 0 aliphatic rings. The fourth-order valence-electron chi connectivity index (χ4n) is 1.63. The predicted octanol–water partition coefficient (Wildman–Crippen LogP) is 2.99. The smallest absolute Gasteiger partial charge is 0.408 e. The van der Waals surface area contributed by atoms with E-state index in [4.69, 9.17) is 9.47 Å². The van der Waals surface area contributed by atoms with Gasteiger partial charge in [0.2, 0.25) is 0 Å². The van der Waals surface area contributed by atoms with Crippen molar-refractivity contribution in [2.24, 2.45) is 0 Å². The molecular weight excluding hydrogens is 302 g/mol. The molecule has 0 spiro atoms. The predicted molar refractivity (Wildman–Crippen MR) is 87.8 cm³/mol. The molecule has 0 heterocycles. The highest BCUT2D eigenvalue weighted by atomic mass is 32.2. The number of carbonyl (C=O) groups is 2. The van der Waals surface area contributed by atoms with Gasteiger partial charge in [-0.3, -0.25) is 0 Å². The molecule has 1 rings (SSSR count). The second-order valence-corrected chi connectivity index (χ2v) is 6.75. The number of esters is 1. The third-order valence-corrected chi connectivity index (χ3v) is 3.68. The number of alkyl carbamates (subject to hydrolysis) is 1. The summed E-state index contributed by atoms with van der Waals surface area (Å²) >= 11 is 1.55. The van der Waals surface area contributed by atoms with Crippen molar-refractivity contribution in [2.45, 2.75) is 38.2 Å². The van der Waals surface area contributed by atoms with Crippen LogP contribution in [0.15, 0.2) is 30.3 Å². The fourth-order valence-corrected chi connectivity index (χ4v) is 2.63. The zero-order chi connectivity index (χ0) is 16.6. The Morgan fingerprint density at radius 1 is 1.23 bits per heavy atom. The minimum absolute atomic E-state index is 0.417. The summed E-state index contributed by atoms with van der Waals surface area (Å²) in [5.41, 5.74) is 0.551. The van der Waals surface area contributed by atoms with E-state index in [1.54, 1.807) is 32.5 Å². The number of hydrogen-bond acceptors (Lipinski definition) is 5. The Morgan fingerprint density at radius 2 is 1.86 bits per heavy atom. The lowest BCUT2D eigenvalue weighted by molar-refractivity contribution is -0.142. The monoisotopic (exact) mass is 325 g/mol. The Morgan fingerprint density at radius 3 is 2.41 bits per heavy atom. The molecule has 1 aromatic carbocycles. The Kier molecular flexibility index (Phi) is 7.24. The molecule has 22 heavy (non-hydrogen) atoms. The van der Waals surface area contributed by atoms with Gasteiger partial charge in [0.05, 0.1) is 7.11 Å². The zero-order valence-electron chi connectivity index (χ0n) is 13.4. The standard InChI is InChI=1S/C16H23NO4S/c1-16(2,3)21-15(19)17-13(14(18)20-4)11-22-10-12-8-6-5-7-9-12/h5-9,13H,10-11H2,1-4H3,(H,17,19)/t13-/m1/s1. The number of nitrogens with one attached hydrogen (secondary N) is 1. The van der Waals surface area contributed by atoms with E-state index in [1.165, 1.54) is 7.11 Å². The highest BCUT2D eigenvalue weighted by Crippen LogP contribution is 2.14. The lowest BCUT2D eigenvalue weighted by Crippen LogP contribution is -2.45. The van der Waals surface area contributed by atoms with Crippen molar-refractivity contribution in [3.63, 3.8) is 0 Å². The molecule has 5 nitrogen and oxygen atoms in total. The molecule has 0 aromatic heterocycles. The van der Waals surface area contributed by atoms with Crippen LogP contribution in [0.25, 0.3) is 0 Å². The van der Waals surface area contributed by atoms with Gasteiger partial charge in [-0.2, -0.15) is 11.8 Å². The third-order valence-electron chi connectivity index (χ3n) is 2.57.